The van der Waals surface area contributed by atoms with E-state index in [4.69, 9.17) is 28.9 Å². The van der Waals surface area contributed by atoms with Gasteiger partial charge in [-0.25, -0.2) is 9.97 Å². The molecule has 0 unspecified atom stereocenters. The maximum absolute atomic E-state index is 6.02. The van der Waals surface area contributed by atoms with Crippen LogP contribution in [0.1, 0.15) is 0 Å². The Kier molecular flexibility index (Phi) is 3.53. The summed E-state index contributed by atoms with van der Waals surface area (Å²) in [4.78, 5) is 9.66. The molecule has 0 aliphatic heterocycles. The molecule has 3 nitrogen and oxygen atoms in total. The molecule has 82 valence electrons. The van der Waals surface area contributed by atoms with E-state index in [9.17, 15) is 0 Å². The van der Waals surface area contributed by atoms with Crippen molar-refractivity contribution in [3.05, 3.63) is 40.8 Å². The number of hydrogen-bond donors (Lipinski definition) is 1. The van der Waals surface area contributed by atoms with Gasteiger partial charge < -0.3 is 5.73 Å². The van der Waals surface area contributed by atoms with Crippen LogP contribution in [0, 0.1) is 0 Å². The molecule has 0 radical (unpaired) electrons. The van der Waals surface area contributed by atoms with Crippen molar-refractivity contribution < 1.29 is 0 Å². The lowest BCUT2D eigenvalue weighted by Crippen LogP contribution is -1.91. The van der Waals surface area contributed by atoms with Gasteiger partial charge in [0.25, 0.3) is 0 Å². The quantitative estimate of drug-likeness (QED) is 0.850. The average Bonchev–Trinajstić information content (AvgIpc) is 2.28. The molecule has 0 aliphatic carbocycles. The van der Waals surface area contributed by atoms with Crippen LogP contribution in [0.2, 0.25) is 10.2 Å². The Labute approximate surface area is 107 Å². The first-order chi connectivity index (χ1) is 7.66. The van der Waals surface area contributed by atoms with E-state index in [1.165, 1.54) is 11.8 Å². The van der Waals surface area contributed by atoms with Crippen LogP contribution in [0.5, 0.6) is 0 Å². The molecule has 2 rings (SSSR count). The van der Waals surface area contributed by atoms with Crippen LogP contribution in [0.25, 0.3) is 0 Å². The zero-order chi connectivity index (χ0) is 11.5. The monoisotopic (exact) mass is 271 g/mol. The highest BCUT2D eigenvalue weighted by atomic mass is 35.5. The van der Waals surface area contributed by atoms with Gasteiger partial charge in [-0.05, 0) is 18.2 Å². The fraction of sp³-hybridized carbons (Fsp3) is 0. The number of anilines is 1. The van der Waals surface area contributed by atoms with Gasteiger partial charge in [0, 0.05) is 22.2 Å². The molecule has 0 saturated carbocycles. The highest BCUT2D eigenvalue weighted by Gasteiger charge is 2.06. The fourth-order valence-electron chi connectivity index (χ4n) is 1.07. The second-order valence-corrected chi connectivity index (χ2v) is 4.81. The normalized spacial score (nSPS) is 10.4. The minimum absolute atomic E-state index is 0.327. The van der Waals surface area contributed by atoms with Crippen molar-refractivity contribution >= 4 is 40.8 Å². The molecule has 0 saturated heterocycles. The summed E-state index contributed by atoms with van der Waals surface area (Å²) in [5.41, 5.74) is 5.61. The number of aromatic nitrogens is 2. The van der Waals surface area contributed by atoms with Crippen LogP contribution in [0.3, 0.4) is 0 Å². The number of nitrogens with two attached hydrogens (primary N) is 1. The van der Waals surface area contributed by atoms with Crippen molar-refractivity contribution in [2.24, 2.45) is 0 Å². The first-order valence-corrected chi connectivity index (χ1v) is 5.93. The van der Waals surface area contributed by atoms with Gasteiger partial charge in [0.15, 0.2) is 0 Å². The van der Waals surface area contributed by atoms with Crippen LogP contribution in [-0.2, 0) is 0 Å². The van der Waals surface area contributed by atoms with Crippen LogP contribution < -0.4 is 5.73 Å². The number of hydrogen-bond acceptors (Lipinski definition) is 4. The smallest absolute Gasteiger partial charge is 0.143 e. The summed E-state index contributed by atoms with van der Waals surface area (Å²) in [6.07, 6.45) is 3.30. The Hall–Kier alpha value is -0.970. The van der Waals surface area contributed by atoms with Gasteiger partial charge in [0.1, 0.15) is 11.0 Å². The SMILES string of the molecule is Nc1nccc(Sc2ccc(Cl)nc2)c1Cl. The molecule has 0 aliphatic rings. The first kappa shape index (κ1) is 11.5. The third-order valence-electron chi connectivity index (χ3n) is 1.81. The highest BCUT2D eigenvalue weighted by Crippen LogP contribution is 2.34. The number of pyridine rings is 2. The van der Waals surface area contributed by atoms with Crippen molar-refractivity contribution in [1.82, 2.24) is 9.97 Å². The highest BCUT2D eigenvalue weighted by molar-refractivity contribution is 7.99. The molecule has 2 N–H and O–H groups in total. The minimum Gasteiger partial charge on any atom is -0.382 e. The molecule has 2 aromatic heterocycles. The topological polar surface area (TPSA) is 51.8 Å². The molecule has 6 heteroatoms. The predicted molar refractivity (Wildman–Crippen MR) is 67.0 cm³/mol. The van der Waals surface area contributed by atoms with Gasteiger partial charge in [0.05, 0.1) is 5.02 Å². The van der Waals surface area contributed by atoms with Gasteiger partial charge in [-0.1, -0.05) is 35.0 Å². The van der Waals surface area contributed by atoms with E-state index in [0.29, 0.717) is 16.0 Å². The van der Waals surface area contributed by atoms with E-state index >= 15 is 0 Å². The lowest BCUT2D eigenvalue weighted by Gasteiger charge is -2.04. The number of nitrogen functional groups attached to an aromatic ring is 1. The Bertz CT molecular complexity index is 502. The number of rotatable bonds is 2. The molecular weight excluding hydrogens is 265 g/mol. The zero-order valence-corrected chi connectivity index (χ0v) is 10.4. The summed E-state index contributed by atoms with van der Waals surface area (Å²) in [5.74, 6) is 0.327. The second kappa shape index (κ2) is 4.91. The first-order valence-electron chi connectivity index (χ1n) is 4.36. The van der Waals surface area contributed by atoms with Gasteiger partial charge in [-0.2, -0.15) is 0 Å². The van der Waals surface area contributed by atoms with Crippen LogP contribution in [-0.4, -0.2) is 9.97 Å². The van der Waals surface area contributed by atoms with Crippen LogP contribution >= 0.6 is 35.0 Å². The molecule has 16 heavy (non-hydrogen) atoms. The van der Waals surface area contributed by atoms with Crippen molar-refractivity contribution in [3.63, 3.8) is 0 Å². The number of nitrogens with zero attached hydrogens (tertiary/aromatic N) is 2. The minimum atomic E-state index is 0.327. The molecule has 0 spiro atoms. The van der Waals surface area contributed by atoms with E-state index in [2.05, 4.69) is 9.97 Å². The summed E-state index contributed by atoms with van der Waals surface area (Å²) < 4.78 is 0. The lowest BCUT2D eigenvalue weighted by molar-refractivity contribution is 1.23. The standard InChI is InChI=1S/C10H7Cl2N3S/c11-8-2-1-6(5-15-8)16-7-3-4-14-10(13)9(7)12/h1-5H,(H2,13,14). The zero-order valence-electron chi connectivity index (χ0n) is 8.02. The maximum atomic E-state index is 6.02. The molecule has 0 fully saturated rings. The predicted octanol–water partition coefficient (Wildman–Crippen LogP) is 3.52. The third-order valence-corrected chi connectivity index (χ3v) is 3.58. The molecule has 0 bridgehead atoms. The summed E-state index contributed by atoms with van der Waals surface area (Å²) in [7, 11) is 0. The van der Waals surface area contributed by atoms with Gasteiger partial charge in [0.2, 0.25) is 0 Å². The Morgan fingerprint density at radius 1 is 1.12 bits per heavy atom. The fourth-order valence-corrected chi connectivity index (χ4v) is 2.23. The Morgan fingerprint density at radius 3 is 2.62 bits per heavy atom. The van der Waals surface area contributed by atoms with Crippen LogP contribution in [0.15, 0.2) is 40.4 Å². The van der Waals surface area contributed by atoms with E-state index in [-0.39, 0.29) is 0 Å². The molecule has 2 aromatic rings. The lowest BCUT2D eigenvalue weighted by atomic mass is 10.5. The maximum Gasteiger partial charge on any atom is 0.143 e. The van der Waals surface area contributed by atoms with E-state index in [1.807, 2.05) is 6.07 Å². The Balaban J connectivity index is 2.27. The van der Waals surface area contributed by atoms with Crippen molar-refractivity contribution in [2.45, 2.75) is 9.79 Å². The van der Waals surface area contributed by atoms with Crippen molar-refractivity contribution in [3.8, 4) is 0 Å². The largest absolute Gasteiger partial charge is 0.382 e. The van der Waals surface area contributed by atoms with Crippen LogP contribution in [0.4, 0.5) is 5.82 Å². The van der Waals surface area contributed by atoms with Gasteiger partial charge >= 0.3 is 0 Å². The average molecular weight is 272 g/mol. The van der Waals surface area contributed by atoms with Crippen molar-refractivity contribution in [1.29, 1.82) is 0 Å². The number of halogens is 2. The molecule has 0 aromatic carbocycles. The molecule has 0 atom stereocenters. The summed E-state index contributed by atoms with van der Waals surface area (Å²) in [6, 6.07) is 5.40. The summed E-state index contributed by atoms with van der Waals surface area (Å²) in [5, 5.41) is 0.923. The molecule has 2 heterocycles. The van der Waals surface area contributed by atoms with E-state index < -0.39 is 0 Å². The third kappa shape index (κ3) is 2.58. The van der Waals surface area contributed by atoms with Crippen molar-refractivity contribution in [2.75, 3.05) is 5.73 Å². The Morgan fingerprint density at radius 2 is 1.94 bits per heavy atom. The molecule has 0 amide bonds. The summed E-state index contributed by atoms with van der Waals surface area (Å²) in [6.45, 7) is 0. The van der Waals surface area contributed by atoms with E-state index in [1.54, 1.807) is 24.5 Å². The summed E-state index contributed by atoms with van der Waals surface area (Å²) >= 11 is 13.2. The second-order valence-electron chi connectivity index (χ2n) is 2.93. The molecular formula is C10H7Cl2N3S. The van der Waals surface area contributed by atoms with Gasteiger partial charge in [-0.15, -0.1) is 0 Å². The van der Waals surface area contributed by atoms with E-state index in [0.717, 1.165) is 9.79 Å². The van der Waals surface area contributed by atoms with Gasteiger partial charge in [-0.3, -0.25) is 0 Å².